The number of hydrogen-bond acceptors (Lipinski definition) is 4. The Morgan fingerprint density at radius 3 is 2.25 bits per heavy atom. The Balaban J connectivity index is 1.70. The third-order valence-electron chi connectivity index (χ3n) is 4.11. The van der Waals surface area contributed by atoms with Crippen molar-refractivity contribution in [3.8, 4) is 5.75 Å². The first kappa shape index (κ1) is 17.3. The Morgan fingerprint density at radius 1 is 1.00 bits per heavy atom. The van der Waals surface area contributed by atoms with Crippen LogP contribution in [0.1, 0.15) is 0 Å². The summed E-state index contributed by atoms with van der Waals surface area (Å²) in [7, 11) is -1.80. The van der Waals surface area contributed by atoms with Crippen molar-refractivity contribution < 1.29 is 13.2 Å². The lowest BCUT2D eigenvalue weighted by atomic mass is 10.2. The summed E-state index contributed by atoms with van der Waals surface area (Å²) in [6.07, 6.45) is 0. The van der Waals surface area contributed by atoms with Gasteiger partial charge in [-0.1, -0.05) is 22.0 Å². The largest absolute Gasteiger partial charge is 0.497 e. The van der Waals surface area contributed by atoms with Gasteiger partial charge in [-0.3, -0.25) is 0 Å². The second-order valence-electron chi connectivity index (χ2n) is 5.55. The molecule has 0 amide bonds. The molecule has 1 aliphatic rings. The van der Waals surface area contributed by atoms with Gasteiger partial charge in [-0.2, -0.15) is 4.31 Å². The van der Waals surface area contributed by atoms with E-state index in [0.717, 1.165) is 15.9 Å². The third kappa shape index (κ3) is 3.58. The first-order valence-corrected chi connectivity index (χ1v) is 9.89. The number of rotatable bonds is 4. The van der Waals surface area contributed by atoms with E-state index in [0.29, 0.717) is 31.1 Å². The van der Waals surface area contributed by atoms with Crippen LogP contribution in [0.2, 0.25) is 0 Å². The van der Waals surface area contributed by atoms with Crippen LogP contribution in [0.15, 0.2) is 57.9 Å². The molecule has 0 unspecified atom stereocenters. The Morgan fingerprint density at radius 2 is 1.67 bits per heavy atom. The molecule has 2 aromatic rings. The summed E-state index contributed by atoms with van der Waals surface area (Å²) in [5.41, 5.74) is 1.08. The van der Waals surface area contributed by atoms with Crippen molar-refractivity contribution in [3.63, 3.8) is 0 Å². The van der Waals surface area contributed by atoms with Crippen molar-refractivity contribution in [2.24, 2.45) is 0 Å². The molecule has 0 radical (unpaired) electrons. The van der Waals surface area contributed by atoms with Gasteiger partial charge < -0.3 is 9.64 Å². The minimum Gasteiger partial charge on any atom is -0.497 e. The number of anilines is 1. The number of benzene rings is 2. The molecule has 24 heavy (non-hydrogen) atoms. The Hall–Kier alpha value is -1.57. The highest BCUT2D eigenvalue weighted by molar-refractivity contribution is 9.10. The summed E-state index contributed by atoms with van der Waals surface area (Å²) in [5.74, 6) is 0.814. The average molecular weight is 411 g/mol. The number of hydrogen-bond donors (Lipinski definition) is 0. The van der Waals surface area contributed by atoms with Crippen molar-refractivity contribution in [1.29, 1.82) is 0 Å². The van der Waals surface area contributed by atoms with E-state index in [1.165, 1.54) is 0 Å². The molecule has 128 valence electrons. The van der Waals surface area contributed by atoms with Gasteiger partial charge in [0.1, 0.15) is 5.75 Å². The topological polar surface area (TPSA) is 49.9 Å². The van der Waals surface area contributed by atoms with Crippen molar-refractivity contribution in [2.45, 2.75) is 4.90 Å². The van der Waals surface area contributed by atoms with Crippen molar-refractivity contribution in [1.82, 2.24) is 4.31 Å². The van der Waals surface area contributed by atoms with Crippen LogP contribution in [0, 0.1) is 0 Å². The number of sulfonamides is 1. The molecule has 7 heteroatoms. The summed E-state index contributed by atoms with van der Waals surface area (Å²) in [5, 5.41) is 0. The van der Waals surface area contributed by atoms with Gasteiger partial charge >= 0.3 is 0 Å². The predicted octanol–water partition coefficient (Wildman–Crippen LogP) is 2.97. The highest BCUT2D eigenvalue weighted by Gasteiger charge is 2.28. The number of piperazine rings is 1. The summed E-state index contributed by atoms with van der Waals surface area (Å²) in [6, 6.07) is 14.7. The fourth-order valence-electron chi connectivity index (χ4n) is 2.76. The summed E-state index contributed by atoms with van der Waals surface area (Å²) >= 11 is 3.33. The molecule has 1 saturated heterocycles. The molecule has 0 aliphatic carbocycles. The SMILES string of the molecule is COc1ccc(N2CCN(S(=O)(=O)c3cccc(Br)c3)CC2)cc1. The Labute approximate surface area is 151 Å². The maximum atomic E-state index is 12.7. The standard InChI is InChI=1S/C17H19BrN2O3S/c1-23-16-7-5-15(6-8-16)19-9-11-20(12-10-19)24(21,22)17-4-2-3-14(18)13-17/h2-8,13H,9-12H2,1H3. The number of halogens is 1. The average Bonchev–Trinajstić information content (AvgIpc) is 2.62. The molecule has 1 heterocycles. The quantitative estimate of drug-likeness (QED) is 0.777. The van der Waals surface area contributed by atoms with E-state index < -0.39 is 10.0 Å². The molecule has 2 aromatic carbocycles. The van der Waals surface area contributed by atoms with Crippen molar-refractivity contribution in [3.05, 3.63) is 53.0 Å². The molecule has 1 aliphatic heterocycles. The predicted molar refractivity (Wildman–Crippen MR) is 98.1 cm³/mol. The summed E-state index contributed by atoms with van der Waals surface area (Å²) < 4.78 is 33.0. The summed E-state index contributed by atoms with van der Waals surface area (Å²) in [6.45, 7) is 2.28. The van der Waals surface area contributed by atoms with E-state index in [1.54, 1.807) is 29.6 Å². The monoisotopic (exact) mass is 410 g/mol. The third-order valence-corrected chi connectivity index (χ3v) is 6.50. The van der Waals surface area contributed by atoms with Crippen LogP contribution >= 0.6 is 15.9 Å². The molecule has 3 rings (SSSR count). The van der Waals surface area contributed by atoms with Crippen LogP contribution in [0.3, 0.4) is 0 Å². The van der Waals surface area contributed by atoms with E-state index >= 15 is 0 Å². The number of methoxy groups -OCH3 is 1. The first-order valence-electron chi connectivity index (χ1n) is 7.65. The molecule has 0 spiro atoms. The number of ether oxygens (including phenoxy) is 1. The lowest BCUT2D eigenvalue weighted by molar-refractivity contribution is 0.384. The van der Waals surface area contributed by atoms with Gasteiger partial charge in [-0.15, -0.1) is 0 Å². The van der Waals surface area contributed by atoms with Crippen LogP contribution in [-0.2, 0) is 10.0 Å². The zero-order valence-corrected chi connectivity index (χ0v) is 15.8. The van der Waals surface area contributed by atoms with E-state index in [1.807, 2.05) is 30.3 Å². The maximum absolute atomic E-state index is 12.7. The van der Waals surface area contributed by atoms with Crippen LogP contribution in [0.25, 0.3) is 0 Å². The molecule has 5 nitrogen and oxygen atoms in total. The number of nitrogens with zero attached hydrogens (tertiary/aromatic N) is 2. The van der Waals surface area contributed by atoms with Gasteiger partial charge in [0.2, 0.25) is 10.0 Å². The Bertz CT molecular complexity index is 801. The molecule has 0 N–H and O–H groups in total. The van der Waals surface area contributed by atoms with Gasteiger partial charge in [0.15, 0.2) is 0 Å². The fraction of sp³-hybridized carbons (Fsp3) is 0.294. The second-order valence-corrected chi connectivity index (χ2v) is 8.40. The highest BCUT2D eigenvalue weighted by atomic mass is 79.9. The first-order chi connectivity index (χ1) is 11.5. The maximum Gasteiger partial charge on any atom is 0.243 e. The summed E-state index contributed by atoms with van der Waals surface area (Å²) in [4.78, 5) is 2.52. The van der Waals surface area contributed by atoms with Gasteiger partial charge in [-0.25, -0.2) is 8.42 Å². The van der Waals surface area contributed by atoms with Gasteiger partial charge in [0.25, 0.3) is 0 Å². The second kappa shape index (κ2) is 7.13. The molecular formula is C17H19BrN2O3S. The van der Waals surface area contributed by atoms with Gasteiger partial charge in [0.05, 0.1) is 12.0 Å². The van der Waals surface area contributed by atoms with E-state index in [9.17, 15) is 8.42 Å². The smallest absolute Gasteiger partial charge is 0.243 e. The van der Waals surface area contributed by atoms with Gasteiger partial charge in [-0.05, 0) is 42.5 Å². The molecular weight excluding hydrogens is 392 g/mol. The molecule has 0 atom stereocenters. The normalized spacial score (nSPS) is 16.2. The molecule has 0 aromatic heterocycles. The minimum absolute atomic E-state index is 0.328. The van der Waals surface area contributed by atoms with Gasteiger partial charge in [0, 0.05) is 36.3 Å². The highest BCUT2D eigenvalue weighted by Crippen LogP contribution is 2.24. The lowest BCUT2D eigenvalue weighted by Crippen LogP contribution is -2.48. The Kier molecular flexibility index (Phi) is 5.12. The van der Waals surface area contributed by atoms with E-state index in [2.05, 4.69) is 20.8 Å². The van der Waals surface area contributed by atoms with E-state index in [-0.39, 0.29) is 0 Å². The van der Waals surface area contributed by atoms with Crippen LogP contribution in [0.4, 0.5) is 5.69 Å². The van der Waals surface area contributed by atoms with Crippen LogP contribution in [-0.4, -0.2) is 46.0 Å². The molecule has 0 saturated carbocycles. The van der Waals surface area contributed by atoms with Crippen LogP contribution in [0.5, 0.6) is 5.75 Å². The minimum atomic E-state index is -3.44. The molecule has 0 bridgehead atoms. The van der Waals surface area contributed by atoms with Crippen molar-refractivity contribution >= 4 is 31.6 Å². The fourth-order valence-corrected chi connectivity index (χ4v) is 4.78. The lowest BCUT2D eigenvalue weighted by Gasteiger charge is -2.35. The zero-order chi connectivity index (χ0) is 17.2. The molecule has 1 fully saturated rings. The van der Waals surface area contributed by atoms with Crippen LogP contribution < -0.4 is 9.64 Å². The van der Waals surface area contributed by atoms with Crippen molar-refractivity contribution in [2.75, 3.05) is 38.2 Å². The zero-order valence-electron chi connectivity index (χ0n) is 13.4. The van der Waals surface area contributed by atoms with E-state index in [4.69, 9.17) is 4.74 Å².